The van der Waals surface area contributed by atoms with Crippen LogP contribution < -0.4 is 5.32 Å². The molecule has 0 spiro atoms. The Morgan fingerprint density at radius 1 is 1.35 bits per heavy atom. The van der Waals surface area contributed by atoms with Crippen LogP contribution in [0.2, 0.25) is 0 Å². The molecule has 0 amide bonds. The van der Waals surface area contributed by atoms with E-state index >= 15 is 0 Å². The van der Waals surface area contributed by atoms with Crippen LogP contribution in [0, 0.1) is 11.8 Å². The van der Waals surface area contributed by atoms with Crippen molar-refractivity contribution in [3.8, 4) is 0 Å². The number of rotatable bonds is 7. The fourth-order valence-corrected chi connectivity index (χ4v) is 2.57. The van der Waals surface area contributed by atoms with Gasteiger partial charge in [0.05, 0.1) is 0 Å². The third-order valence-corrected chi connectivity index (χ3v) is 3.69. The van der Waals surface area contributed by atoms with Crippen LogP contribution >= 0.6 is 0 Å². The zero-order valence-corrected chi connectivity index (χ0v) is 11.5. The monoisotopic (exact) mass is 240 g/mol. The largest absolute Gasteiger partial charge is 0.381 e. The Morgan fingerprint density at radius 3 is 2.88 bits per heavy atom. The fraction of sp³-hybridized carbons (Fsp3) is 1.00. The second-order valence-electron chi connectivity index (χ2n) is 6.02. The van der Waals surface area contributed by atoms with E-state index in [2.05, 4.69) is 24.1 Å². The maximum atomic E-state index is 5.63. The van der Waals surface area contributed by atoms with E-state index in [0.29, 0.717) is 5.92 Å². The van der Waals surface area contributed by atoms with Crippen molar-refractivity contribution in [2.45, 2.75) is 39.2 Å². The number of ether oxygens (including phenoxy) is 1. The highest BCUT2D eigenvalue weighted by molar-refractivity contribution is 4.91. The molecular formula is C14H28N2O. The van der Waals surface area contributed by atoms with Crippen LogP contribution in [0.3, 0.4) is 0 Å². The first kappa shape index (κ1) is 13.3. The molecule has 100 valence electrons. The lowest BCUT2D eigenvalue weighted by molar-refractivity contribution is 0.0941. The molecule has 0 aromatic carbocycles. The van der Waals surface area contributed by atoms with Gasteiger partial charge in [0.25, 0.3) is 0 Å². The van der Waals surface area contributed by atoms with Gasteiger partial charge in [0, 0.05) is 45.4 Å². The molecule has 1 aliphatic heterocycles. The maximum absolute atomic E-state index is 5.63. The summed E-state index contributed by atoms with van der Waals surface area (Å²) < 4.78 is 5.63. The Kier molecular flexibility index (Phi) is 5.26. The molecule has 1 unspecified atom stereocenters. The lowest BCUT2D eigenvalue weighted by Crippen LogP contribution is -2.51. The summed E-state index contributed by atoms with van der Waals surface area (Å²) in [7, 11) is 0. The molecule has 0 radical (unpaired) electrons. The molecule has 1 saturated heterocycles. The van der Waals surface area contributed by atoms with Gasteiger partial charge in [0.1, 0.15) is 0 Å². The molecule has 3 heteroatoms. The zero-order chi connectivity index (χ0) is 12.1. The van der Waals surface area contributed by atoms with Gasteiger partial charge in [-0.05, 0) is 31.1 Å². The van der Waals surface area contributed by atoms with E-state index in [0.717, 1.165) is 25.2 Å². The lowest BCUT2D eigenvalue weighted by atomic mass is 10.1. The minimum Gasteiger partial charge on any atom is -0.381 e. The molecule has 1 heterocycles. The average molecular weight is 240 g/mol. The molecule has 17 heavy (non-hydrogen) atoms. The number of nitrogens with one attached hydrogen (secondary N) is 1. The summed E-state index contributed by atoms with van der Waals surface area (Å²) in [6.07, 6.45) is 4.08. The van der Waals surface area contributed by atoms with Crippen molar-refractivity contribution in [3.05, 3.63) is 0 Å². The number of nitrogens with zero attached hydrogens (tertiary/aromatic N) is 1. The van der Waals surface area contributed by atoms with Crippen molar-refractivity contribution in [1.29, 1.82) is 0 Å². The summed E-state index contributed by atoms with van der Waals surface area (Å²) in [5, 5.41) is 3.65. The first-order chi connectivity index (χ1) is 8.25. The molecule has 2 aliphatic rings. The lowest BCUT2D eigenvalue weighted by Gasteiger charge is -2.33. The highest BCUT2D eigenvalue weighted by atomic mass is 16.5. The predicted molar refractivity (Wildman–Crippen MR) is 71.2 cm³/mol. The Hall–Kier alpha value is -0.120. The van der Waals surface area contributed by atoms with Crippen molar-refractivity contribution in [2.75, 3.05) is 39.4 Å². The fourth-order valence-electron chi connectivity index (χ4n) is 2.57. The smallest absolute Gasteiger partial charge is 0.0489 e. The molecule has 3 nitrogen and oxygen atoms in total. The molecule has 0 aromatic rings. The Labute approximate surface area is 106 Å². The molecule has 1 saturated carbocycles. The summed E-state index contributed by atoms with van der Waals surface area (Å²) in [6, 6.07) is 0.778. The van der Waals surface area contributed by atoms with Crippen molar-refractivity contribution >= 4 is 0 Å². The molecular weight excluding hydrogens is 212 g/mol. The van der Waals surface area contributed by atoms with E-state index < -0.39 is 0 Å². The zero-order valence-electron chi connectivity index (χ0n) is 11.5. The van der Waals surface area contributed by atoms with Crippen LogP contribution in [-0.2, 0) is 4.74 Å². The van der Waals surface area contributed by atoms with Crippen LogP contribution in [0.25, 0.3) is 0 Å². The van der Waals surface area contributed by atoms with Crippen LogP contribution in [0.1, 0.15) is 33.1 Å². The van der Waals surface area contributed by atoms with E-state index in [1.807, 2.05) is 0 Å². The third-order valence-electron chi connectivity index (χ3n) is 3.69. The summed E-state index contributed by atoms with van der Waals surface area (Å²) in [5.41, 5.74) is 0. The predicted octanol–water partition coefficient (Wildman–Crippen LogP) is 1.73. The molecule has 2 fully saturated rings. The third kappa shape index (κ3) is 4.94. The van der Waals surface area contributed by atoms with Gasteiger partial charge in [-0.15, -0.1) is 0 Å². The van der Waals surface area contributed by atoms with Crippen LogP contribution in [0.4, 0.5) is 0 Å². The Balaban J connectivity index is 1.52. The highest BCUT2D eigenvalue weighted by Crippen LogP contribution is 2.33. The molecule has 0 bridgehead atoms. The van der Waals surface area contributed by atoms with Crippen molar-refractivity contribution in [2.24, 2.45) is 11.8 Å². The SMILES string of the molecule is CC(C)COCCCN1CCNC(C2CC2)C1. The van der Waals surface area contributed by atoms with Crippen LogP contribution in [0.5, 0.6) is 0 Å². The van der Waals surface area contributed by atoms with Gasteiger partial charge in [0.2, 0.25) is 0 Å². The Bertz CT molecular complexity index is 216. The topological polar surface area (TPSA) is 24.5 Å². The second kappa shape index (κ2) is 6.72. The van der Waals surface area contributed by atoms with Crippen LogP contribution in [-0.4, -0.2) is 50.3 Å². The van der Waals surface area contributed by atoms with Gasteiger partial charge in [0.15, 0.2) is 0 Å². The highest BCUT2D eigenvalue weighted by Gasteiger charge is 2.33. The van der Waals surface area contributed by atoms with Crippen molar-refractivity contribution in [3.63, 3.8) is 0 Å². The molecule has 1 N–H and O–H groups in total. The van der Waals surface area contributed by atoms with E-state index in [-0.39, 0.29) is 0 Å². The molecule has 0 aromatic heterocycles. The van der Waals surface area contributed by atoms with Gasteiger partial charge < -0.3 is 15.0 Å². The van der Waals surface area contributed by atoms with Gasteiger partial charge >= 0.3 is 0 Å². The van der Waals surface area contributed by atoms with Gasteiger partial charge in [-0.25, -0.2) is 0 Å². The summed E-state index contributed by atoms with van der Waals surface area (Å²) >= 11 is 0. The van der Waals surface area contributed by atoms with Crippen molar-refractivity contribution < 1.29 is 4.74 Å². The summed E-state index contributed by atoms with van der Waals surface area (Å²) in [6.45, 7) is 11.1. The molecule has 1 atom stereocenters. The molecule has 2 rings (SSSR count). The minimum absolute atomic E-state index is 0.661. The number of piperazine rings is 1. The number of hydrogen-bond donors (Lipinski definition) is 1. The average Bonchev–Trinajstić information content (AvgIpc) is 3.12. The van der Waals surface area contributed by atoms with Gasteiger partial charge in [-0.2, -0.15) is 0 Å². The van der Waals surface area contributed by atoms with Crippen LogP contribution in [0.15, 0.2) is 0 Å². The normalized spacial score (nSPS) is 26.6. The standard InChI is InChI=1S/C14H28N2O/c1-12(2)11-17-9-3-7-16-8-6-15-14(10-16)13-4-5-13/h12-15H,3-11H2,1-2H3. The summed E-state index contributed by atoms with van der Waals surface area (Å²) in [5.74, 6) is 1.64. The van der Waals surface area contributed by atoms with E-state index in [1.165, 1.54) is 45.4 Å². The van der Waals surface area contributed by atoms with E-state index in [9.17, 15) is 0 Å². The first-order valence-corrected chi connectivity index (χ1v) is 7.29. The Morgan fingerprint density at radius 2 is 2.18 bits per heavy atom. The minimum atomic E-state index is 0.661. The maximum Gasteiger partial charge on any atom is 0.0489 e. The van der Waals surface area contributed by atoms with E-state index in [4.69, 9.17) is 4.74 Å². The first-order valence-electron chi connectivity index (χ1n) is 7.29. The quantitative estimate of drug-likeness (QED) is 0.686. The second-order valence-corrected chi connectivity index (χ2v) is 6.02. The number of hydrogen-bond acceptors (Lipinski definition) is 3. The van der Waals surface area contributed by atoms with Gasteiger partial charge in [-0.3, -0.25) is 0 Å². The summed E-state index contributed by atoms with van der Waals surface area (Å²) in [4.78, 5) is 2.61. The van der Waals surface area contributed by atoms with Crippen molar-refractivity contribution in [1.82, 2.24) is 10.2 Å². The van der Waals surface area contributed by atoms with E-state index in [1.54, 1.807) is 0 Å². The van der Waals surface area contributed by atoms with Gasteiger partial charge in [-0.1, -0.05) is 13.8 Å². The molecule has 1 aliphatic carbocycles.